The van der Waals surface area contributed by atoms with Crippen molar-refractivity contribution >= 4 is 33.0 Å². The maximum Gasteiger partial charge on any atom is 0.240 e. The minimum atomic E-state index is -3.62. The largest absolute Gasteiger partial charge is 0.264 e. The summed E-state index contributed by atoms with van der Waals surface area (Å²) in [5.74, 6) is 0. The van der Waals surface area contributed by atoms with Crippen LogP contribution in [0.15, 0.2) is 58.4 Å². The number of sulfonamides is 1. The Kier molecular flexibility index (Phi) is 5.01. The average Bonchev–Trinajstić information content (AvgIpc) is 3.10. The van der Waals surface area contributed by atoms with Gasteiger partial charge in [0.05, 0.1) is 4.90 Å². The Morgan fingerprint density at radius 2 is 2.00 bits per heavy atom. The van der Waals surface area contributed by atoms with Crippen molar-refractivity contribution in [2.24, 2.45) is 0 Å². The van der Waals surface area contributed by atoms with Crippen molar-refractivity contribution in [3.63, 3.8) is 0 Å². The lowest BCUT2D eigenvalue weighted by molar-refractivity contribution is 0.581. The van der Waals surface area contributed by atoms with Gasteiger partial charge in [-0.1, -0.05) is 17.7 Å². The van der Waals surface area contributed by atoms with Crippen LogP contribution in [0.4, 0.5) is 0 Å². The van der Waals surface area contributed by atoms with E-state index in [0.29, 0.717) is 5.02 Å². The second kappa shape index (κ2) is 7.03. The molecule has 3 rings (SSSR count). The van der Waals surface area contributed by atoms with Gasteiger partial charge in [-0.05, 0) is 58.6 Å². The maximum absolute atomic E-state index is 12.4. The Bertz CT molecular complexity index is 954. The minimum Gasteiger partial charge on any atom is -0.264 e. The van der Waals surface area contributed by atoms with E-state index in [2.05, 4.69) is 9.71 Å². The Labute approximate surface area is 150 Å². The summed E-state index contributed by atoms with van der Waals surface area (Å²) >= 11 is 7.62. The fourth-order valence-corrected chi connectivity index (χ4v) is 4.13. The van der Waals surface area contributed by atoms with E-state index in [9.17, 15) is 8.42 Å². The van der Waals surface area contributed by atoms with Gasteiger partial charge in [0.15, 0.2) is 0 Å². The molecule has 0 radical (unpaired) electrons. The van der Waals surface area contributed by atoms with Crippen molar-refractivity contribution in [2.45, 2.75) is 18.4 Å². The lowest BCUT2D eigenvalue weighted by Gasteiger charge is -2.09. The van der Waals surface area contributed by atoms with Gasteiger partial charge in [0.2, 0.25) is 10.0 Å². The summed E-state index contributed by atoms with van der Waals surface area (Å²) in [5.41, 5.74) is 3.66. The van der Waals surface area contributed by atoms with Gasteiger partial charge < -0.3 is 0 Å². The molecule has 7 heteroatoms. The predicted molar refractivity (Wildman–Crippen MR) is 97.8 cm³/mol. The molecule has 2 heterocycles. The van der Waals surface area contributed by atoms with E-state index in [1.807, 2.05) is 29.8 Å². The smallest absolute Gasteiger partial charge is 0.240 e. The van der Waals surface area contributed by atoms with Gasteiger partial charge in [-0.25, -0.2) is 13.1 Å². The number of halogens is 1. The highest BCUT2D eigenvalue weighted by Crippen LogP contribution is 2.23. The standard InChI is InChI=1S/C17H15ClN2O2S2/c1-12-2-3-16(7-17(12)18)24(21,22)20-9-13-6-15(10-19-8-13)14-4-5-23-11-14/h2-8,10-11,20H,9H2,1H3. The SMILES string of the molecule is Cc1ccc(S(=O)(=O)NCc2cncc(-c3ccsc3)c2)cc1Cl. The van der Waals surface area contributed by atoms with Gasteiger partial charge >= 0.3 is 0 Å². The first kappa shape index (κ1) is 17.1. The van der Waals surface area contributed by atoms with E-state index in [1.54, 1.807) is 35.9 Å². The lowest BCUT2D eigenvalue weighted by atomic mass is 10.1. The van der Waals surface area contributed by atoms with Gasteiger partial charge in [0.1, 0.15) is 0 Å². The van der Waals surface area contributed by atoms with Gasteiger partial charge in [-0.3, -0.25) is 4.98 Å². The van der Waals surface area contributed by atoms with E-state index in [-0.39, 0.29) is 11.4 Å². The zero-order chi connectivity index (χ0) is 17.2. The number of nitrogens with one attached hydrogen (secondary N) is 1. The molecule has 1 aromatic carbocycles. The fraction of sp³-hybridized carbons (Fsp3) is 0.118. The van der Waals surface area contributed by atoms with E-state index < -0.39 is 10.0 Å². The van der Waals surface area contributed by atoms with Crippen molar-refractivity contribution in [1.82, 2.24) is 9.71 Å². The molecule has 0 aliphatic carbocycles. The first-order valence-corrected chi connectivity index (χ1v) is 9.98. The molecular formula is C17H15ClN2O2S2. The molecule has 0 aliphatic heterocycles. The summed E-state index contributed by atoms with van der Waals surface area (Å²) < 4.78 is 27.4. The van der Waals surface area contributed by atoms with Gasteiger partial charge in [0.25, 0.3) is 0 Å². The van der Waals surface area contributed by atoms with E-state index >= 15 is 0 Å². The molecule has 0 saturated heterocycles. The van der Waals surface area contributed by atoms with Crippen molar-refractivity contribution in [2.75, 3.05) is 0 Å². The fourth-order valence-electron chi connectivity index (χ4n) is 2.17. The quantitative estimate of drug-likeness (QED) is 0.722. The number of hydrogen-bond donors (Lipinski definition) is 1. The monoisotopic (exact) mass is 378 g/mol. The lowest BCUT2D eigenvalue weighted by Crippen LogP contribution is -2.23. The number of hydrogen-bond acceptors (Lipinski definition) is 4. The van der Waals surface area contributed by atoms with Crippen LogP contribution < -0.4 is 4.72 Å². The third-order valence-corrected chi connectivity index (χ3v) is 6.06. The molecule has 3 aromatic rings. The van der Waals surface area contributed by atoms with Crippen molar-refractivity contribution in [3.8, 4) is 11.1 Å². The summed E-state index contributed by atoms with van der Waals surface area (Å²) in [6, 6.07) is 8.63. The molecule has 0 fully saturated rings. The first-order chi connectivity index (χ1) is 11.5. The van der Waals surface area contributed by atoms with Crippen LogP contribution in [0, 0.1) is 6.92 Å². The van der Waals surface area contributed by atoms with Crippen molar-refractivity contribution in [3.05, 3.63) is 69.6 Å². The third-order valence-electron chi connectivity index (χ3n) is 3.57. The maximum atomic E-state index is 12.4. The summed E-state index contributed by atoms with van der Waals surface area (Å²) in [4.78, 5) is 4.34. The predicted octanol–water partition coefficient (Wildman–Crippen LogP) is 4.25. The number of aromatic nitrogens is 1. The zero-order valence-corrected chi connectivity index (χ0v) is 15.3. The summed E-state index contributed by atoms with van der Waals surface area (Å²) in [6.07, 6.45) is 3.42. The molecule has 0 bridgehead atoms. The molecule has 0 saturated carbocycles. The number of benzene rings is 1. The summed E-state index contributed by atoms with van der Waals surface area (Å²) in [7, 11) is -3.62. The zero-order valence-electron chi connectivity index (χ0n) is 12.9. The van der Waals surface area contributed by atoms with Crippen LogP contribution in [-0.4, -0.2) is 13.4 Å². The Hall–Kier alpha value is -1.73. The highest BCUT2D eigenvalue weighted by molar-refractivity contribution is 7.89. The number of aryl methyl sites for hydroxylation is 1. The van der Waals surface area contributed by atoms with Crippen molar-refractivity contribution < 1.29 is 8.42 Å². The molecular weight excluding hydrogens is 364 g/mol. The molecule has 0 spiro atoms. The van der Waals surface area contributed by atoms with Crippen LogP contribution >= 0.6 is 22.9 Å². The molecule has 0 atom stereocenters. The van der Waals surface area contributed by atoms with Crippen LogP contribution in [0.3, 0.4) is 0 Å². The topological polar surface area (TPSA) is 59.1 Å². The molecule has 0 aliphatic rings. The highest BCUT2D eigenvalue weighted by Gasteiger charge is 2.15. The second-order valence-electron chi connectivity index (χ2n) is 5.33. The number of pyridine rings is 1. The van der Waals surface area contributed by atoms with Crippen LogP contribution in [0.25, 0.3) is 11.1 Å². The highest BCUT2D eigenvalue weighted by atomic mass is 35.5. The van der Waals surface area contributed by atoms with Crippen LogP contribution in [0.5, 0.6) is 0 Å². The number of nitrogens with zero attached hydrogens (tertiary/aromatic N) is 1. The van der Waals surface area contributed by atoms with Crippen LogP contribution in [0.1, 0.15) is 11.1 Å². The Balaban J connectivity index is 1.77. The first-order valence-electron chi connectivity index (χ1n) is 7.18. The average molecular weight is 379 g/mol. The van der Waals surface area contributed by atoms with Gasteiger partial charge in [-0.2, -0.15) is 11.3 Å². The summed E-state index contributed by atoms with van der Waals surface area (Å²) in [5, 5.41) is 4.45. The molecule has 0 amide bonds. The van der Waals surface area contributed by atoms with E-state index in [0.717, 1.165) is 22.3 Å². The van der Waals surface area contributed by atoms with Crippen LogP contribution in [-0.2, 0) is 16.6 Å². The number of thiophene rings is 1. The van der Waals surface area contributed by atoms with Gasteiger partial charge in [0, 0.05) is 29.5 Å². The van der Waals surface area contributed by atoms with Crippen LogP contribution in [0.2, 0.25) is 5.02 Å². The molecule has 2 aromatic heterocycles. The van der Waals surface area contributed by atoms with Crippen molar-refractivity contribution in [1.29, 1.82) is 0 Å². The molecule has 124 valence electrons. The van der Waals surface area contributed by atoms with E-state index in [1.165, 1.54) is 6.07 Å². The van der Waals surface area contributed by atoms with E-state index in [4.69, 9.17) is 11.6 Å². The molecule has 0 unspecified atom stereocenters. The summed E-state index contributed by atoms with van der Waals surface area (Å²) in [6.45, 7) is 1.99. The molecule has 4 nitrogen and oxygen atoms in total. The minimum absolute atomic E-state index is 0.153. The molecule has 24 heavy (non-hydrogen) atoms. The number of rotatable bonds is 5. The second-order valence-corrected chi connectivity index (χ2v) is 8.28. The Morgan fingerprint density at radius 1 is 1.17 bits per heavy atom. The normalized spacial score (nSPS) is 11.6. The molecule has 1 N–H and O–H groups in total. The van der Waals surface area contributed by atoms with Gasteiger partial charge in [-0.15, -0.1) is 0 Å². The Morgan fingerprint density at radius 3 is 2.71 bits per heavy atom. The third kappa shape index (κ3) is 3.84.